The molecule has 0 heterocycles. The van der Waals surface area contributed by atoms with Gasteiger partial charge in [-0.25, -0.2) is 0 Å². The summed E-state index contributed by atoms with van der Waals surface area (Å²) in [5, 5.41) is 3.44. The second-order valence-corrected chi connectivity index (χ2v) is 6.15. The fraction of sp³-hybridized carbons (Fsp3) is 0.316. The Morgan fingerprint density at radius 1 is 1.08 bits per heavy atom. The summed E-state index contributed by atoms with van der Waals surface area (Å²) in [7, 11) is 0. The monoisotopic (exact) mass is 385 g/mol. The van der Waals surface area contributed by atoms with Crippen molar-refractivity contribution >= 4 is 17.5 Å². The van der Waals surface area contributed by atoms with Gasteiger partial charge in [0.25, 0.3) is 0 Å². The van der Waals surface area contributed by atoms with Gasteiger partial charge < -0.3 is 10.1 Å². The molecule has 0 spiro atoms. The number of alkyl halides is 3. The van der Waals surface area contributed by atoms with Crippen LogP contribution in [0.4, 0.5) is 13.2 Å². The molecule has 1 atom stereocenters. The summed E-state index contributed by atoms with van der Waals surface area (Å²) in [6, 6.07) is 16.3. The molecule has 0 saturated heterocycles. The zero-order valence-corrected chi connectivity index (χ0v) is 14.7. The maximum atomic E-state index is 12.1. The SMILES string of the molecule is O=C(CCOCC(F)(F)F)NC(Cc1ccccc1Cl)c1ccccc1. The molecule has 1 unspecified atom stereocenters. The van der Waals surface area contributed by atoms with Crippen molar-refractivity contribution in [2.24, 2.45) is 0 Å². The van der Waals surface area contributed by atoms with Crippen LogP contribution >= 0.6 is 11.6 Å². The second-order valence-electron chi connectivity index (χ2n) is 5.74. The van der Waals surface area contributed by atoms with E-state index in [9.17, 15) is 18.0 Å². The Hall–Kier alpha value is -2.05. The van der Waals surface area contributed by atoms with E-state index < -0.39 is 12.8 Å². The maximum absolute atomic E-state index is 12.1. The van der Waals surface area contributed by atoms with Crippen LogP contribution in [-0.2, 0) is 16.0 Å². The molecule has 2 aromatic rings. The topological polar surface area (TPSA) is 38.3 Å². The Morgan fingerprint density at radius 3 is 2.38 bits per heavy atom. The molecule has 0 aliphatic carbocycles. The van der Waals surface area contributed by atoms with Gasteiger partial charge in [0.2, 0.25) is 5.91 Å². The summed E-state index contributed by atoms with van der Waals surface area (Å²) in [6.45, 7) is -1.65. The molecule has 0 radical (unpaired) electrons. The molecule has 2 aromatic carbocycles. The third-order valence-electron chi connectivity index (χ3n) is 3.66. The number of ether oxygens (including phenoxy) is 1. The van der Waals surface area contributed by atoms with Gasteiger partial charge in [-0.05, 0) is 23.6 Å². The molecule has 0 saturated carbocycles. The molecule has 0 aliphatic rings. The quantitative estimate of drug-likeness (QED) is 0.668. The molecule has 0 bridgehead atoms. The van der Waals surface area contributed by atoms with Crippen LogP contribution in [0.3, 0.4) is 0 Å². The van der Waals surface area contributed by atoms with Crippen molar-refractivity contribution in [1.82, 2.24) is 5.32 Å². The zero-order valence-electron chi connectivity index (χ0n) is 13.9. The first-order chi connectivity index (χ1) is 12.3. The summed E-state index contributed by atoms with van der Waals surface area (Å²) in [4.78, 5) is 12.1. The first-order valence-corrected chi connectivity index (χ1v) is 8.45. The Labute approximate surface area is 155 Å². The van der Waals surface area contributed by atoms with Crippen molar-refractivity contribution in [3.05, 3.63) is 70.7 Å². The second kappa shape index (κ2) is 9.59. The number of hydrogen-bond donors (Lipinski definition) is 1. The van der Waals surface area contributed by atoms with Crippen LogP contribution in [0.1, 0.15) is 23.6 Å². The standard InChI is InChI=1S/C19H19ClF3NO2/c20-16-9-5-4-8-15(16)12-17(14-6-2-1-3-7-14)24-18(25)10-11-26-13-19(21,22)23/h1-9,17H,10-13H2,(H,24,25). The number of nitrogens with one attached hydrogen (secondary N) is 1. The van der Waals surface area contributed by atoms with E-state index in [1.54, 1.807) is 6.07 Å². The lowest BCUT2D eigenvalue weighted by molar-refractivity contribution is -0.174. The van der Waals surface area contributed by atoms with Gasteiger partial charge in [0, 0.05) is 11.4 Å². The molecule has 0 aromatic heterocycles. The lowest BCUT2D eigenvalue weighted by Crippen LogP contribution is -2.31. The molecule has 2 rings (SSSR count). The van der Waals surface area contributed by atoms with Crippen molar-refractivity contribution in [3.8, 4) is 0 Å². The minimum atomic E-state index is -4.40. The molecule has 1 amide bonds. The van der Waals surface area contributed by atoms with Crippen LogP contribution < -0.4 is 5.32 Å². The van der Waals surface area contributed by atoms with Crippen LogP contribution in [0, 0.1) is 0 Å². The number of benzene rings is 2. The Balaban J connectivity index is 1.98. The molecule has 0 aliphatic heterocycles. The number of halogens is 4. The highest BCUT2D eigenvalue weighted by atomic mass is 35.5. The van der Waals surface area contributed by atoms with E-state index in [-0.39, 0.29) is 25.0 Å². The average molecular weight is 386 g/mol. The number of carbonyl (C=O) groups is 1. The largest absolute Gasteiger partial charge is 0.411 e. The number of rotatable bonds is 8. The number of hydrogen-bond acceptors (Lipinski definition) is 2. The van der Waals surface area contributed by atoms with E-state index in [0.29, 0.717) is 11.4 Å². The fourth-order valence-electron chi connectivity index (χ4n) is 2.44. The Kier molecular flexibility index (Phi) is 7.48. The van der Waals surface area contributed by atoms with Crippen LogP contribution in [0.15, 0.2) is 54.6 Å². The van der Waals surface area contributed by atoms with Crippen LogP contribution in [-0.4, -0.2) is 25.3 Å². The highest BCUT2D eigenvalue weighted by Crippen LogP contribution is 2.23. The molecule has 1 N–H and O–H groups in total. The third kappa shape index (κ3) is 7.06. The molecule has 3 nitrogen and oxygen atoms in total. The van der Waals surface area contributed by atoms with E-state index in [1.165, 1.54) is 0 Å². The van der Waals surface area contributed by atoms with Crippen LogP contribution in [0.5, 0.6) is 0 Å². The summed E-state index contributed by atoms with van der Waals surface area (Å²) in [6.07, 6.45) is -4.08. The van der Waals surface area contributed by atoms with E-state index in [2.05, 4.69) is 10.1 Å². The van der Waals surface area contributed by atoms with Crippen molar-refractivity contribution in [1.29, 1.82) is 0 Å². The highest BCUT2D eigenvalue weighted by Gasteiger charge is 2.27. The fourth-order valence-corrected chi connectivity index (χ4v) is 2.65. The Bertz CT molecular complexity index is 707. The molecular formula is C19H19ClF3NO2. The zero-order chi connectivity index (χ0) is 19.0. The van der Waals surface area contributed by atoms with Crippen molar-refractivity contribution in [3.63, 3.8) is 0 Å². The minimum Gasteiger partial charge on any atom is -0.372 e. The maximum Gasteiger partial charge on any atom is 0.411 e. The van der Waals surface area contributed by atoms with E-state index >= 15 is 0 Å². The van der Waals surface area contributed by atoms with Crippen molar-refractivity contribution in [2.45, 2.75) is 25.1 Å². The summed E-state index contributed by atoms with van der Waals surface area (Å²) in [5.74, 6) is -0.381. The van der Waals surface area contributed by atoms with Gasteiger partial charge >= 0.3 is 6.18 Å². The molecular weight excluding hydrogens is 367 g/mol. The predicted octanol–water partition coefficient (Wildman–Crippen LogP) is 4.71. The molecule has 26 heavy (non-hydrogen) atoms. The molecule has 140 valence electrons. The van der Waals surface area contributed by atoms with Crippen LogP contribution in [0.2, 0.25) is 5.02 Å². The van der Waals surface area contributed by atoms with Gasteiger partial charge in [0.15, 0.2) is 0 Å². The third-order valence-corrected chi connectivity index (χ3v) is 4.03. The molecule has 0 fully saturated rings. The first-order valence-electron chi connectivity index (χ1n) is 8.07. The van der Waals surface area contributed by atoms with Crippen LogP contribution in [0.25, 0.3) is 0 Å². The smallest absolute Gasteiger partial charge is 0.372 e. The van der Waals surface area contributed by atoms with E-state index in [0.717, 1.165) is 11.1 Å². The van der Waals surface area contributed by atoms with Gasteiger partial charge in [-0.3, -0.25) is 4.79 Å². The predicted molar refractivity (Wildman–Crippen MR) is 94.0 cm³/mol. The first kappa shape index (κ1) is 20.3. The lowest BCUT2D eigenvalue weighted by Gasteiger charge is -2.20. The normalized spacial score (nSPS) is 12.6. The minimum absolute atomic E-state index is 0.151. The highest BCUT2D eigenvalue weighted by molar-refractivity contribution is 6.31. The lowest BCUT2D eigenvalue weighted by atomic mass is 9.98. The number of carbonyl (C=O) groups excluding carboxylic acids is 1. The van der Waals surface area contributed by atoms with Gasteiger partial charge in [0.05, 0.1) is 12.6 Å². The molecule has 7 heteroatoms. The average Bonchev–Trinajstić information content (AvgIpc) is 2.60. The van der Waals surface area contributed by atoms with Gasteiger partial charge in [-0.1, -0.05) is 60.1 Å². The van der Waals surface area contributed by atoms with Crippen molar-refractivity contribution in [2.75, 3.05) is 13.2 Å². The summed E-state index contributed by atoms with van der Waals surface area (Å²) in [5.41, 5.74) is 1.76. The summed E-state index contributed by atoms with van der Waals surface area (Å²) < 4.78 is 40.6. The Morgan fingerprint density at radius 2 is 1.73 bits per heavy atom. The number of amides is 1. The van der Waals surface area contributed by atoms with Gasteiger partial charge in [0.1, 0.15) is 6.61 Å². The van der Waals surface area contributed by atoms with Gasteiger partial charge in [-0.15, -0.1) is 0 Å². The van der Waals surface area contributed by atoms with Crippen molar-refractivity contribution < 1.29 is 22.7 Å². The summed E-state index contributed by atoms with van der Waals surface area (Å²) >= 11 is 6.20. The van der Waals surface area contributed by atoms with E-state index in [1.807, 2.05) is 48.5 Å². The van der Waals surface area contributed by atoms with E-state index in [4.69, 9.17) is 11.6 Å². The van der Waals surface area contributed by atoms with Gasteiger partial charge in [-0.2, -0.15) is 13.2 Å².